The minimum absolute atomic E-state index is 0.209. The van der Waals surface area contributed by atoms with Gasteiger partial charge in [0, 0.05) is 11.1 Å². The van der Waals surface area contributed by atoms with E-state index in [-0.39, 0.29) is 5.56 Å². The van der Waals surface area contributed by atoms with Gasteiger partial charge in [-0.1, -0.05) is 42.5 Å². The number of rotatable bonds is 3. The van der Waals surface area contributed by atoms with Crippen molar-refractivity contribution < 1.29 is 4.42 Å². The first-order chi connectivity index (χ1) is 11.8. The summed E-state index contributed by atoms with van der Waals surface area (Å²) in [6.07, 6.45) is 4.69. The predicted octanol–water partition coefficient (Wildman–Crippen LogP) is 3.54. The van der Waals surface area contributed by atoms with Gasteiger partial charge in [0.05, 0.1) is 29.6 Å². The Morgan fingerprint density at radius 2 is 1.79 bits per heavy atom. The van der Waals surface area contributed by atoms with E-state index in [0.717, 1.165) is 11.1 Å². The number of fused-ring (bicyclic) bond motifs is 1. The third-order valence-electron chi connectivity index (χ3n) is 3.65. The number of furan rings is 1. The van der Waals surface area contributed by atoms with Crippen LogP contribution in [0, 0.1) is 0 Å². The SMILES string of the molecule is O=c1c2ccccc2nc(-c2ccccc2)n1/N=C/c1ccoc1. The Balaban J connectivity index is 1.98. The first-order valence-electron chi connectivity index (χ1n) is 7.47. The molecular weight excluding hydrogens is 302 g/mol. The number of nitrogens with zero attached hydrogens (tertiary/aromatic N) is 3. The third kappa shape index (κ3) is 2.52. The molecule has 5 heteroatoms. The molecule has 0 N–H and O–H groups in total. The summed E-state index contributed by atoms with van der Waals surface area (Å²) in [5.74, 6) is 0.499. The van der Waals surface area contributed by atoms with Crippen LogP contribution in [0.4, 0.5) is 0 Å². The maximum absolute atomic E-state index is 12.9. The molecule has 0 atom stereocenters. The average Bonchev–Trinajstić information content (AvgIpc) is 3.15. The molecule has 0 amide bonds. The summed E-state index contributed by atoms with van der Waals surface area (Å²) in [6, 6.07) is 18.6. The molecule has 0 saturated carbocycles. The first kappa shape index (κ1) is 14.1. The van der Waals surface area contributed by atoms with Crippen LogP contribution in [0.2, 0.25) is 0 Å². The van der Waals surface area contributed by atoms with Crippen LogP contribution in [-0.4, -0.2) is 15.9 Å². The highest BCUT2D eigenvalue weighted by atomic mass is 16.3. The Morgan fingerprint density at radius 3 is 2.58 bits per heavy atom. The van der Waals surface area contributed by atoms with Gasteiger partial charge in [-0.15, -0.1) is 0 Å². The van der Waals surface area contributed by atoms with E-state index in [9.17, 15) is 4.79 Å². The van der Waals surface area contributed by atoms with Gasteiger partial charge in [-0.25, -0.2) is 4.98 Å². The van der Waals surface area contributed by atoms with E-state index in [0.29, 0.717) is 16.7 Å². The fraction of sp³-hybridized carbons (Fsp3) is 0. The summed E-state index contributed by atoms with van der Waals surface area (Å²) >= 11 is 0. The molecule has 0 spiro atoms. The second-order valence-corrected chi connectivity index (χ2v) is 5.24. The standard InChI is InChI=1S/C19H13N3O2/c23-19-16-8-4-5-9-17(16)21-18(15-6-2-1-3-7-15)22(19)20-12-14-10-11-24-13-14/h1-13H/b20-12+. The molecule has 0 radical (unpaired) electrons. The van der Waals surface area contributed by atoms with Gasteiger partial charge in [-0.05, 0) is 18.2 Å². The van der Waals surface area contributed by atoms with Gasteiger partial charge in [-0.3, -0.25) is 4.79 Å². The van der Waals surface area contributed by atoms with Crippen LogP contribution in [-0.2, 0) is 0 Å². The van der Waals surface area contributed by atoms with Crippen molar-refractivity contribution in [3.05, 3.63) is 89.1 Å². The quantitative estimate of drug-likeness (QED) is 0.543. The molecule has 0 aliphatic rings. The van der Waals surface area contributed by atoms with Crippen molar-refractivity contribution in [3.63, 3.8) is 0 Å². The van der Waals surface area contributed by atoms with Crippen LogP contribution in [0.15, 0.2) is 87.5 Å². The molecule has 2 aromatic heterocycles. The molecule has 116 valence electrons. The van der Waals surface area contributed by atoms with E-state index >= 15 is 0 Å². The Kier molecular flexibility index (Phi) is 3.51. The van der Waals surface area contributed by atoms with Gasteiger partial charge < -0.3 is 4.42 Å². The highest BCUT2D eigenvalue weighted by molar-refractivity contribution is 5.81. The molecule has 0 unspecified atom stereocenters. The molecule has 2 aromatic carbocycles. The minimum atomic E-state index is -0.209. The van der Waals surface area contributed by atoms with Crippen molar-refractivity contribution in [1.29, 1.82) is 0 Å². The molecule has 4 rings (SSSR count). The number of hydrogen-bond acceptors (Lipinski definition) is 4. The van der Waals surface area contributed by atoms with Crippen LogP contribution in [0.5, 0.6) is 0 Å². The van der Waals surface area contributed by atoms with Crippen LogP contribution in [0.25, 0.3) is 22.3 Å². The zero-order valence-electron chi connectivity index (χ0n) is 12.7. The molecule has 0 aliphatic heterocycles. The fourth-order valence-corrected chi connectivity index (χ4v) is 2.48. The maximum atomic E-state index is 12.9. The van der Waals surface area contributed by atoms with Crippen LogP contribution < -0.4 is 5.56 Å². The van der Waals surface area contributed by atoms with Gasteiger partial charge in [0.2, 0.25) is 0 Å². The molecule has 0 fully saturated rings. The lowest BCUT2D eigenvalue weighted by Gasteiger charge is -2.09. The number of hydrogen-bond donors (Lipinski definition) is 0. The summed E-state index contributed by atoms with van der Waals surface area (Å²) in [6.45, 7) is 0. The van der Waals surface area contributed by atoms with Crippen LogP contribution in [0.1, 0.15) is 5.56 Å². The zero-order valence-corrected chi connectivity index (χ0v) is 12.7. The minimum Gasteiger partial charge on any atom is -0.472 e. The van der Waals surface area contributed by atoms with Crippen molar-refractivity contribution in [2.75, 3.05) is 0 Å². The normalized spacial score (nSPS) is 11.3. The summed E-state index contributed by atoms with van der Waals surface area (Å²) < 4.78 is 6.35. The smallest absolute Gasteiger partial charge is 0.282 e. The molecular formula is C19H13N3O2. The Bertz CT molecular complexity index is 1060. The average molecular weight is 315 g/mol. The second-order valence-electron chi connectivity index (χ2n) is 5.24. The number of para-hydroxylation sites is 1. The van der Waals surface area contributed by atoms with Gasteiger partial charge >= 0.3 is 0 Å². The van der Waals surface area contributed by atoms with Crippen molar-refractivity contribution >= 4 is 17.1 Å². The topological polar surface area (TPSA) is 60.4 Å². The highest BCUT2D eigenvalue weighted by Gasteiger charge is 2.11. The van der Waals surface area contributed by atoms with Gasteiger partial charge in [0.1, 0.15) is 0 Å². The Morgan fingerprint density at radius 1 is 1.00 bits per heavy atom. The summed E-state index contributed by atoms with van der Waals surface area (Å²) in [5, 5.41) is 4.86. The predicted molar refractivity (Wildman–Crippen MR) is 93.1 cm³/mol. The third-order valence-corrected chi connectivity index (χ3v) is 3.65. The Hall–Kier alpha value is -3.47. The van der Waals surface area contributed by atoms with E-state index in [2.05, 4.69) is 10.1 Å². The summed E-state index contributed by atoms with van der Waals surface area (Å²) in [5.41, 5.74) is 2.04. The van der Waals surface area contributed by atoms with E-state index in [1.165, 1.54) is 4.68 Å². The molecule has 0 bridgehead atoms. The summed E-state index contributed by atoms with van der Waals surface area (Å²) in [4.78, 5) is 17.5. The van der Waals surface area contributed by atoms with Crippen molar-refractivity contribution in [2.45, 2.75) is 0 Å². The number of benzene rings is 2. The molecule has 0 saturated heterocycles. The van der Waals surface area contributed by atoms with Crippen LogP contribution >= 0.6 is 0 Å². The lowest BCUT2D eigenvalue weighted by atomic mass is 10.2. The van der Waals surface area contributed by atoms with Gasteiger partial charge in [0.25, 0.3) is 5.56 Å². The fourth-order valence-electron chi connectivity index (χ4n) is 2.48. The van der Waals surface area contributed by atoms with E-state index in [4.69, 9.17) is 4.42 Å². The van der Waals surface area contributed by atoms with Crippen LogP contribution in [0.3, 0.4) is 0 Å². The van der Waals surface area contributed by atoms with Crippen molar-refractivity contribution in [1.82, 2.24) is 9.66 Å². The van der Waals surface area contributed by atoms with E-state index < -0.39 is 0 Å². The summed E-state index contributed by atoms with van der Waals surface area (Å²) in [7, 11) is 0. The highest BCUT2D eigenvalue weighted by Crippen LogP contribution is 2.18. The Labute approximate surface area is 137 Å². The van der Waals surface area contributed by atoms with E-state index in [1.807, 2.05) is 48.5 Å². The lowest BCUT2D eigenvalue weighted by molar-refractivity contribution is 0.567. The second kappa shape index (κ2) is 5.96. The zero-order chi connectivity index (χ0) is 16.4. The van der Waals surface area contributed by atoms with Gasteiger partial charge in [0.15, 0.2) is 5.82 Å². The van der Waals surface area contributed by atoms with E-state index in [1.54, 1.807) is 30.9 Å². The molecule has 5 nitrogen and oxygen atoms in total. The number of aromatic nitrogens is 2. The molecule has 0 aliphatic carbocycles. The largest absolute Gasteiger partial charge is 0.472 e. The maximum Gasteiger partial charge on any atom is 0.282 e. The van der Waals surface area contributed by atoms with Gasteiger partial charge in [-0.2, -0.15) is 9.78 Å². The van der Waals surface area contributed by atoms with Crippen molar-refractivity contribution in [2.24, 2.45) is 5.10 Å². The van der Waals surface area contributed by atoms with Crippen molar-refractivity contribution in [3.8, 4) is 11.4 Å². The molecule has 24 heavy (non-hydrogen) atoms. The monoisotopic (exact) mass is 315 g/mol. The molecule has 4 aromatic rings. The lowest BCUT2D eigenvalue weighted by Crippen LogP contribution is -2.20. The first-order valence-corrected chi connectivity index (χ1v) is 7.47. The molecule has 2 heterocycles.